The van der Waals surface area contributed by atoms with Crippen LogP contribution < -0.4 is 0 Å². The molecule has 0 saturated heterocycles. The Kier molecular flexibility index (Phi) is 11.4. The molecule has 1 unspecified atom stereocenters. The first-order valence-electron chi connectivity index (χ1n) is 11.3. The number of ether oxygens (including phenoxy) is 2. The van der Waals surface area contributed by atoms with Crippen LogP contribution in [0.15, 0.2) is 0 Å². The zero-order valence-electron chi connectivity index (χ0n) is 20.1. The Morgan fingerprint density at radius 1 is 0.964 bits per heavy atom. The second-order valence-electron chi connectivity index (χ2n) is 9.96. The van der Waals surface area contributed by atoms with E-state index in [2.05, 4.69) is 6.92 Å². The number of esters is 2. The lowest BCUT2D eigenvalue weighted by atomic mass is 9.81. The molecule has 0 aromatic carbocycles. The van der Waals surface area contributed by atoms with E-state index >= 15 is 0 Å². The fraction of sp³-hybridized carbons (Fsp3) is 0.917. The van der Waals surface area contributed by atoms with E-state index < -0.39 is 0 Å². The first kappa shape index (κ1) is 26.9. The summed E-state index contributed by atoms with van der Waals surface area (Å²) in [5.74, 6) is -0.0500. The maximum absolute atomic E-state index is 11.9. The van der Waals surface area contributed by atoms with E-state index in [1.807, 2.05) is 55.4 Å². The van der Waals surface area contributed by atoms with Crippen molar-refractivity contribution in [2.24, 2.45) is 11.3 Å². The maximum Gasteiger partial charge on any atom is 0.312 e. The molecule has 1 aliphatic carbocycles. The Labute approximate surface area is 174 Å². The Morgan fingerprint density at radius 3 is 1.89 bits per heavy atom. The van der Waals surface area contributed by atoms with Crippen molar-refractivity contribution in [3.63, 3.8) is 0 Å². The minimum atomic E-state index is -0.372. The van der Waals surface area contributed by atoms with Crippen molar-refractivity contribution in [1.29, 1.82) is 0 Å². The third kappa shape index (κ3) is 9.93. The summed E-state index contributed by atoms with van der Waals surface area (Å²) < 4.78 is 11.1. The van der Waals surface area contributed by atoms with Crippen molar-refractivity contribution in [2.75, 3.05) is 0 Å². The van der Waals surface area contributed by atoms with Gasteiger partial charge in [-0.1, -0.05) is 40.5 Å². The highest BCUT2D eigenvalue weighted by atomic mass is 16.6. The fourth-order valence-electron chi connectivity index (χ4n) is 3.10. The summed E-state index contributed by atoms with van der Waals surface area (Å²) in [5, 5.41) is 0. The maximum atomic E-state index is 11.9. The van der Waals surface area contributed by atoms with Crippen molar-refractivity contribution in [2.45, 2.75) is 131 Å². The molecule has 1 atom stereocenters. The SMILES string of the molecule is CCC(C)(C)C(=O)OC(C)(C)C.CCCC1(OC(=O)C(C)CC)CCCCC1. The third-order valence-electron chi connectivity index (χ3n) is 5.64. The number of hydrogen-bond donors (Lipinski definition) is 0. The van der Waals surface area contributed by atoms with Gasteiger partial charge in [-0.15, -0.1) is 0 Å². The van der Waals surface area contributed by atoms with Gasteiger partial charge in [-0.25, -0.2) is 0 Å². The van der Waals surface area contributed by atoms with Crippen LogP contribution in [-0.4, -0.2) is 23.1 Å². The lowest BCUT2D eigenvalue weighted by Crippen LogP contribution is -2.38. The molecule has 1 fully saturated rings. The van der Waals surface area contributed by atoms with Gasteiger partial charge < -0.3 is 9.47 Å². The Morgan fingerprint density at radius 2 is 1.50 bits per heavy atom. The van der Waals surface area contributed by atoms with Crippen LogP contribution >= 0.6 is 0 Å². The highest BCUT2D eigenvalue weighted by Gasteiger charge is 2.35. The van der Waals surface area contributed by atoms with Crippen LogP contribution in [0.1, 0.15) is 120 Å². The summed E-state index contributed by atoms with van der Waals surface area (Å²) in [6.07, 6.45) is 9.70. The van der Waals surface area contributed by atoms with E-state index in [0.717, 1.165) is 38.5 Å². The van der Waals surface area contributed by atoms with E-state index in [1.165, 1.54) is 19.3 Å². The summed E-state index contributed by atoms with van der Waals surface area (Å²) in [6.45, 7) is 17.6. The molecule has 1 saturated carbocycles. The van der Waals surface area contributed by atoms with Crippen LogP contribution in [0.4, 0.5) is 0 Å². The molecular weight excluding hydrogens is 352 g/mol. The predicted molar refractivity (Wildman–Crippen MR) is 116 cm³/mol. The molecule has 0 bridgehead atoms. The third-order valence-corrected chi connectivity index (χ3v) is 5.64. The predicted octanol–water partition coefficient (Wildman–Crippen LogP) is 6.84. The summed E-state index contributed by atoms with van der Waals surface area (Å²) in [4.78, 5) is 23.4. The molecule has 28 heavy (non-hydrogen) atoms. The molecule has 0 spiro atoms. The van der Waals surface area contributed by atoms with E-state index in [1.54, 1.807) is 0 Å². The number of hydrogen-bond acceptors (Lipinski definition) is 4. The largest absolute Gasteiger partial charge is 0.460 e. The number of rotatable bonds is 7. The first-order valence-corrected chi connectivity index (χ1v) is 11.3. The monoisotopic (exact) mass is 398 g/mol. The van der Waals surface area contributed by atoms with Gasteiger partial charge in [-0.3, -0.25) is 9.59 Å². The van der Waals surface area contributed by atoms with E-state index in [0.29, 0.717) is 0 Å². The van der Waals surface area contributed by atoms with Crippen molar-refractivity contribution < 1.29 is 19.1 Å². The van der Waals surface area contributed by atoms with Gasteiger partial charge in [0.25, 0.3) is 0 Å². The van der Waals surface area contributed by atoms with Gasteiger partial charge >= 0.3 is 11.9 Å². The van der Waals surface area contributed by atoms with Crippen molar-refractivity contribution >= 4 is 11.9 Å². The van der Waals surface area contributed by atoms with Gasteiger partial charge in [0.05, 0.1) is 11.3 Å². The highest BCUT2D eigenvalue weighted by molar-refractivity contribution is 5.76. The minimum absolute atomic E-state index is 0.0119. The first-order chi connectivity index (χ1) is 12.8. The zero-order valence-corrected chi connectivity index (χ0v) is 20.1. The van der Waals surface area contributed by atoms with E-state index in [9.17, 15) is 9.59 Å². The second kappa shape index (κ2) is 11.8. The molecule has 1 aliphatic rings. The summed E-state index contributed by atoms with van der Waals surface area (Å²) in [6, 6.07) is 0. The molecule has 0 radical (unpaired) electrons. The van der Waals surface area contributed by atoms with Gasteiger partial charge in [0.1, 0.15) is 11.2 Å². The van der Waals surface area contributed by atoms with Crippen LogP contribution in [0.5, 0.6) is 0 Å². The zero-order chi connectivity index (χ0) is 22.0. The van der Waals surface area contributed by atoms with Crippen LogP contribution in [0.25, 0.3) is 0 Å². The van der Waals surface area contributed by atoms with Crippen molar-refractivity contribution in [3.05, 3.63) is 0 Å². The quantitative estimate of drug-likeness (QED) is 0.440. The second-order valence-corrected chi connectivity index (χ2v) is 9.96. The Hall–Kier alpha value is -1.06. The molecule has 0 aromatic heterocycles. The molecule has 0 aliphatic heterocycles. The number of carbonyl (C=O) groups is 2. The molecule has 4 nitrogen and oxygen atoms in total. The minimum Gasteiger partial charge on any atom is -0.460 e. The molecule has 0 heterocycles. The molecule has 1 rings (SSSR count). The number of carbonyl (C=O) groups excluding carboxylic acids is 2. The molecule has 0 amide bonds. The lowest BCUT2D eigenvalue weighted by Gasteiger charge is -2.37. The molecule has 0 aromatic rings. The average molecular weight is 399 g/mol. The standard InChI is InChI=1S/C14H26O2.C10H20O2/c1-4-9-14(10-7-6-8-11-14)16-13(15)12(3)5-2;1-7-10(5,6)8(11)12-9(2,3)4/h12H,4-11H2,1-3H3;7H2,1-6H3. The summed E-state index contributed by atoms with van der Waals surface area (Å²) in [5.41, 5.74) is -0.843. The molecule has 0 N–H and O–H groups in total. The topological polar surface area (TPSA) is 52.6 Å². The van der Waals surface area contributed by atoms with Crippen LogP contribution in [0.3, 0.4) is 0 Å². The van der Waals surface area contributed by atoms with E-state index in [-0.39, 0.29) is 34.5 Å². The molecular formula is C24H46O4. The smallest absolute Gasteiger partial charge is 0.312 e. The van der Waals surface area contributed by atoms with Gasteiger partial charge in [0.2, 0.25) is 0 Å². The lowest BCUT2D eigenvalue weighted by molar-refractivity contribution is -0.169. The van der Waals surface area contributed by atoms with Gasteiger partial charge in [0, 0.05) is 0 Å². The molecule has 166 valence electrons. The summed E-state index contributed by atoms with van der Waals surface area (Å²) >= 11 is 0. The fourth-order valence-corrected chi connectivity index (χ4v) is 3.10. The van der Waals surface area contributed by atoms with Crippen LogP contribution in [-0.2, 0) is 19.1 Å². The van der Waals surface area contributed by atoms with E-state index in [4.69, 9.17) is 9.47 Å². The normalized spacial score (nSPS) is 17.8. The van der Waals surface area contributed by atoms with Crippen molar-refractivity contribution in [3.8, 4) is 0 Å². The Balaban J connectivity index is 0.000000546. The highest BCUT2D eigenvalue weighted by Crippen LogP contribution is 2.36. The van der Waals surface area contributed by atoms with Crippen LogP contribution in [0, 0.1) is 11.3 Å². The van der Waals surface area contributed by atoms with Gasteiger partial charge in [0.15, 0.2) is 0 Å². The van der Waals surface area contributed by atoms with Crippen LogP contribution in [0.2, 0.25) is 0 Å². The van der Waals surface area contributed by atoms with Gasteiger partial charge in [-0.05, 0) is 79.6 Å². The molecule has 4 heteroatoms. The Bertz CT molecular complexity index is 462. The average Bonchev–Trinajstić information content (AvgIpc) is 2.61. The van der Waals surface area contributed by atoms with Crippen molar-refractivity contribution in [1.82, 2.24) is 0 Å². The summed E-state index contributed by atoms with van der Waals surface area (Å²) in [7, 11) is 0. The van der Waals surface area contributed by atoms with Gasteiger partial charge in [-0.2, -0.15) is 0 Å².